The molecule has 0 saturated heterocycles. The minimum absolute atomic E-state index is 0.575. The molecule has 1 N–H and O–H groups in total. The molecule has 1 nitrogen and oxygen atoms in total. The lowest BCUT2D eigenvalue weighted by molar-refractivity contribution is 0.219. The van der Waals surface area contributed by atoms with Gasteiger partial charge in [-0.05, 0) is 76.9 Å². The van der Waals surface area contributed by atoms with E-state index >= 15 is 0 Å². The molecule has 94 valence electrons. The molecule has 2 aromatic rings. The molecule has 0 radical (unpaired) electrons. The first-order valence-electron chi connectivity index (χ1n) is 5.69. The first-order valence-corrected chi connectivity index (χ1v) is 7.56. The van der Waals surface area contributed by atoms with E-state index in [1.165, 1.54) is 11.1 Å². The number of aliphatic hydroxyl groups is 1. The zero-order chi connectivity index (χ0) is 13.3. The van der Waals surface area contributed by atoms with E-state index in [0.29, 0.717) is 0 Å². The van der Waals surface area contributed by atoms with Gasteiger partial charge in [-0.15, -0.1) is 0 Å². The summed E-state index contributed by atoms with van der Waals surface area (Å²) in [7, 11) is 0. The maximum atomic E-state index is 10.5. The molecule has 0 aromatic heterocycles. The van der Waals surface area contributed by atoms with Gasteiger partial charge in [-0.2, -0.15) is 0 Å². The molecular weight excluding hydrogens is 403 g/mol. The van der Waals surface area contributed by atoms with Crippen LogP contribution < -0.4 is 0 Å². The van der Waals surface area contributed by atoms with Crippen molar-refractivity contribution >= 4 is 38.5 Å². The topological polar surface area (TPSA) is 20.2 Å². The Morgan fingerprint density at radius 2 is 1.78 bits per heavy atom. The summed E-state index contributed by atoms with van der Waals surface area (Å²) in [5.74, 6) is 0. The van der Waals surface area contributed by atoms with Crippen LogP contribution in [0.15, 0.2) is 40.9 Å². The zero-order valence-electron chi connectivity index (χ0n) is 10.2. The monoisotopic (exact) mass is 416 g/mol. The number of halogens is 2. The third-order valence-electron chi connectivity index (χ3n) is 3.10. The quantitative estimate of drug-likeness (QED) is 0.700. The molecule has 0 aliphatic carbocycles. The lowest BCUT2D eigenvalue weighted by Gasteiger charge is -2.15. The van der Waals surface area contributed by atoms with Gasteiger partial charge in [-0.25, -0.2) is 0 Å². The number of aliphatic hydroxyl groups excluding tert-OH is 1. The van der Waals surface area contributed by atoms with Crippen LogP contribution in [0.3, 0.4) is 0 Å². The van der Waals surface area contributed by atoms with Gasteiger partial charge in [0, 0.05) is 8.04 Å². The Hall–Kier alpha value is -0.390. The highest BCUT2D eigenvalue weighted by atomic mass is 127. The summed E-state index contributed by atoms with van der Waals surface area (Å²) >= 11 is 5.70. The van der Waals surface area contributed by atoms with Gasteiger partial charge in [-0.1, -0.05) is 34.1 Å². The van der Waals surface area contributed by atoms with Crippen LogP contribution in [0.2, 0.25) is 0 Å². The third-order valence-corrected chi connectivity index (χ3v) is 4.57. The fourth-order valence-corrected chi connectivity index (χ4v) is 2.85. The summed E-state index contributed by atoms with van der Waals surface area (Å²) in [4.78, 5) is 0. The predicted molar refractivity (Wildman–Crippen MR) is 86.8 cm³/mol. The SMILES string of the molecule is Cc1ccc(C(O)c2cc(Br)ccc2I)cc1C. The molecule has 18 heavy (non-hydrogen) atoms. The van der Waals surface area contributed by atoms with Crippen LogP contribution in [-0.2, 0) is 0 Å². The van der Waals surface area contributed by atoms with Crippen molar-refractivity contribution in [3.05, 3.63) is 66.7 Å². The second kappa shape index (κ2) is 5.72. The molecule has 2 aromatic carbocycles. The van der Waals surface area contributed by atoms with Crippen molar-refractivity contribution < 1.29 is 5.11 Å². The van der Waals surface area contributed by atoms with Gasteiger partial charge in [0.15, 0.2) is 0 Å². The molecule has 0 saturated carbocycles. The van der Waals surface area contributed by atoms with Crippen molar-refractivity contribution in [2.24, 2.45) is 0 Å². The van der Waals surface area contributed by atoms with E-state index in [2.05, 4.69) is 64.5 Å². The fourth-order valence-electron chi connectivity index (χ4n) is 1.84. The Kier molecular flexibility index (Phi) is 4.45. The first-order chi connectivity index (χ1) is 8.49. The van der Waals surface area contributed by atoms with E-state index in [9.17, 15) is 5.11 Å². The van der Waals surface area contributed by atoms with Gasteiger partial charge in [0.2, 0.25) is 0 Å². The summed E-state index contributed by atoms with van der Waals surface area (Å²) in [6.07, 6.45) is -0.575. The molecule has 1 atom stereocenters. The molecule has 0 bridgehead atoms. The maximum Gasteiger partial charge on any atom is 0.105 e. The van der Waals surface area contributed by atoms with E-state index in [1.807, 2.05) is 24.3 Å². The molecule has 0 fully saturated rings. The Balaban J connectivity index is 2.44. The minimum atomic E-state index is -0.575. The average molecular weight is 417 g/mol. The molecule has 0 amide bonds. The van der Waals surface area contributed by atoms with Gasteiger partial charge in [0.05, 0.1) is 0 Å². The third kappa shape index (κ3) is 2.95. The number of rotatable bonds is 2. The van der Waals surface area contributed by atoms with Crippen molar-refractivity contribution in [2.75, 3.05) is 0 Å². The summed E-state index contributed by atoms with van der Waals surface area (Å²) < 4.78 is 2.06. The standard InChI is InChI=1S/C15H14BrIO/c1-9-3-4-11(7-10(9)2)15(18)13-8-12(16)5-6-14(13)17/h3-8,15,18H,1-2H3. The number of hydrogen-bond acceptors (Lipinski definition) is 1. The van der Waals surface area contributed by atoms with Gasteiger partial charge < -0.3 is 5.11 Å². The molecule has 0 aliphatic rings. The molecule has 0 heterocycles. The summed E-state index contributed by atoms with van der Waals surface area (Å²) in [6, 6.07) is 12.1. The van der Waals surface area contributed by atoms with Crippen LogP contribution in [0.4, 0.5) is 0 Å². The van der Waals surface area contributed by atoms with E-state index in [1.54, 1.807) is 0 Å². The summed E-state index contributed by atoms with van der Waals surface area (Å²) in [5.41, 5.74) is 4.33. The normalized spacial score (nSPS) is 12.5. The minimum Gasteiger partial charge on any atom is -0.384 e. The average Bonchev–Trinajstić information content (AvgIpc) is 2.35. The Labute approximate surface area is 130 Å². The second-order valence-corrected chi connectivity index (χ2v) is 6.49. The van der Waals surface area contributed by atoms with Crippen molar-refractivity contribution in [1.82, 2.24) is 0 Å². The van der Waals surface area contributed by atoms with Gasteiger partial charge in [0.1, 0.15) is 6.10 Å². The highest BCUT2D eigenvalue weighted by Crippen LogP contribution is 2.29. The van der Waals surface area contributed by atoms with Gasteiger partial charge in [0.25, 0.3) is 0 Å². The van der Waals surface area contributed by atoms with Crippen LogP contribution in [0, 0.1) is 17.4 Å². The smallest absolute Gasteiger partial charge is 0.105 e. The highest BCUT2D eigenvalue weighted by Gasteiger charge is 2.14. The fraction of sp³-hybridized carbons (Fsp3) is 0.200. The van der Waals surface area contributed by atoms with E-state index in [-0.39, 0.29) is 0 Å². The Morgan fingerprint density at radius 1 is 1.06 bits per heavy atom. The van der Waals surface area contributed by atoms with Gasteiger partial charge in [-0.3, -0.25) is 0 Å². The van der Waals surface area contributed by atoms with Crippen LogP contribution >= 0.6 is 38.5 Å². The first kappa shape index (κ1) is 14.0. The van der Waals surface area contributed by atoms with Crippen LogP contribution in [0.25, 0.3) is 0 Å². The lowest BCUT2D eigenvalue weighted by atomic mass is 9.98. The van der Waals surface area contributed by atoms with Crippen molar-refractivity contribution in [3.63, 3.8) is 0 Å². The molecular formula is C15H14BrIO. The van der Waals surface area contributed by atoms with Crippen LogP contribution in [-0.4, -0.2) is 5.11 Å². The maximum absolute atomic E-state index is 10.5. The Morgan fingerprint density at radius 3 is 2.44 bits per heavy atom. The largest absolute Gasteiger partial charge is 0.384 e. The van der Waals surface area contributed by atoms with E-state index < -0.39 is 6.10 Å². The number of aryl methyl sites for hydroxylation is 2. The summed E-state index contributed by atoms with van der Waals surface area (Å²) in [5, 5.41) is 10.5. The Bertz CT molecular complexity index is 581. The second-order valence-electron chi connectivity index (χ2n) is 4.41. The van der Waals surface area contributed by atoms with Crippen LogP contribution in [0.5, 0.6) is 0 Å². The number of benzene rings is 2. The summed E-state index contributed by atoms with van der Waals surface area (Å²) in [6.45, 7) is 4.14. The highest BCUT2D eigenvalue weighted by molar-refractivity contribution is 14.1. The van der Waals surface area contributed by atoms with Gasteiger partial charge >= 0.3 is 0 Å². The van der Waals surface area contributed by atoms with E-state index in [0.717, 1.165) is 19.2 Å². The predicted octanol–water partition coefficient (Wildman–Crippen LogP) is 4.75. The van der Waals surface area contributed by atoms with Crippen molar-refractivity contribution in [2.45, 2.75) is 20.0 Å². The molecule has 0 spiro atoms. The van der Waals surface area contributed by atoms with E-state index in [4.69, 9.17) is 0 Å². The zero-order valence-corrected chi connectivity index (χ0v) is 14.0. The molecule has 1 unspecified atom stereocenters. The number of hydrogen-bond donors (Lipinski definition) is 1. The van der Waals surface area contributed by atoms with Crippen molar-refractivity contribution in [1.29, 1.82) is 0 Å². The molecule has 2 rings (SSSR count). The molecule has 0 aliphatic heterocycles. The lowest BCUT2D eigenvalue weighted by Crippen LogP contribution is -2.02. The molecule has 3 heteroatoms. The van der Waals surface area contributed by atoms with Crippen molar-refractivity contribution in [3.8, 4) is 0 Å². The van der Waals surface area contributed by atoms with Crippen LogP contribution in [0.1, 0.15) is 28.4 Å².